The van der Waals surface area contributed by atoms with E-state index >= 15 is 0 Å². The molecule has 0 spiro atoms. The summed E-state index contributed by atoms with van der Waals surface area (Å²) in [5.41, 5.74) is 0. The third-order valence-corrected chi connectivity index (χ3v) is 3.30. The van der Waals surface area contributed by atoms with Gasteiger partial charge < -0.3 is 5.32 Å². The van der Waals surface area contributed by atoms with Crippen LogP contribution in [0.4, 0.5) is 0 Å². The summed E-state index contributed by atoms with van der Waals surface area (Å²) in [4.78, 5) is 12.6. The third-order valence-electron chi connectivity index (χ3n) is 1.82. The largest absolute Gasteiger partial charge is 0.355 e. The maximum atomic E-state index is 11.2. The van der Waals surface area contributed by atoms with Gasteiger partial charge >= 0.3 is 0 Å². The highest BCUT2D eigenvalue weighted by Crippen LogP contribution is 2.11. The Labute approximate surface area is 102 Å². The van der Waals surface area contributed by atoms with E-state index in [2.05, 4.69) is 45.4 Å². The Morgan fingerprint density at radius 3 is 3.07 bits per heavy atom. The van der Waals surface area contributed by atoms with Crippen LogP contribution in [0, 0.1) is 0 Å². The summed E-state index contributed by atoms with van der Waals surface area (Å²) in [5, 5.41) is 4.94. The molecule has 0 aliphatic carbocycles. The van der Waals surface area contributed by atoms with Crippen molar-refractivity contribution in [1.82, 2.24) is 5.32 Å². The van der Waals surface area contributed by atoms with Gasteiger partial charge in [0.1, 0.15) is 0 Å². The lowest BCUT2D eigenvalue weighted by Gasteiger charge is -2.01. The molecule has 0 radical (unpaired) electrons. The molecule has 1 amide bonds. The van der Waals surface area contributed by atoms with Crippen molar-refractivity contribution in [3.05, 3.63) is 22.4 Å². The van der Waals surface area contributed by atoms with E-state index in [1.807, 2.05) is 0 Å². The van der Waals surface area contributed by atoms with E-state index in [0.29, 0.717) is 6.42 Å². The molecule has 2 nitrogen and oxygen atoms in total. The number of hydrogen-bond donors (Lipinski definition) is 1. The van der Waals surface area contributed by atoms with Crippen LogP contribution in [0.3, 0.4) is 0 Å². The first kappa shape index (κ1) is 12.0. The van der Waals surface area contributed by atoms with Gasteiger partial charge in [-0.25, -0.2) is 0 Å². The molecule has 0 atom stereocenters. The summed E-state index contributed by atoms with van der Waals surface area (Å²) in [5.74, 6) is 0.179. The van der Waals surface area contributed by atoms with E-state index in [-0.39, 0.29) is 5.91 Å². The van der Waals surface area contributed by atoms with Crippen LogP contribution in [0.1, 0.15) is 17.7 Å². The molecule has 78 valence electrons. The van der Waals surface area contributed by atoms with Crippen LogP contribution in [0.25, 0.3) is 0 Å². The van der Waals surface area contributed by atoms with Crippen molar-refractivity contribution in [3.8, 4) is 0 Å². The Morgan fingerprint density at radius 2 is 2.43 bits per heavy atom. The molecule has 0 aromatic carbocycles. The van der Waals surface area contributed by atoms with Crippen LogP contribution >= 0.6 is 33.9 Å². The average Bonchev–Trinajstić information content (AvgIpc) is 2.67. The Morgan fingerprint density at radius 1 is 1.57 bits per heavy atom. The maximum absolute atomic E-state index is 11.2. The van der Waals surface area contributed by atoms with Gasteiger partial charge in [0.15, 0.2) is 0 Å². The molecule has 0 fully saturated rings. The summed E-state index contributed by atoms with van der Waals surface area (Å²) in [6, 6.07) is 4.17. The van der Waals surface area contributed by atoms with Crippen molar-refractivity contribution in [3.63, 3.8) is 0 Å². The Balaban J connectivity index is 2.06. The average molecular weight is 323 g/mol. The number of rotatable bonds is 6. The Hall–Kier alpha value is -0.100. The molecule has 1 N–H and O–H groups in total. The van der Waals surface area contributed by atoms with Crippen molar-refractivity contribution in [1.29, 1.82) is 0 Å². The van der Waals surface area contributed by atoms with Gasteiger partial charge in [0, 0.05) is 22.3 Å². The van der Waals surface area contributed by atoms with E-state index < -0.39 is 0 Å². The fraction of sp³-hybridized carbons (Fsp3) is 0.500. The van der Waals surface area contributed by atoms with Crippen molar-refractivity contribution < 1.29 is 4.79 Å². The number of carbonyl (C=O) groups excluding carboxylic acids is 1. The molecule has 0 bridgehead atoms. The minimum atomic E-state index is 0.179. The minimum Gasteiger partial charge on any atom is -0.355 e. The van der Waals surface area contributed by atoms with Crippen molar-refractivity contribution in [2.75, 3.05) is 11.0 Å². The van der Waals surface area contributed by atoms with Crippen LogP contribution in [-0.4, -0.2) is 16.9 Å². The van der Waals surface area contributed by atoms with E-state index in [1.165, 1.54) is 4.88 Å². The first-order valence-electron chi connectivity index (χ1n) is 4.68. The molecule has 14 heavy (non-hydrogen) atoms. The second kappa shape index (κ2) is 7.23. The Bertz CT molecular complexity index is 261. The summed E-state index contributed by atoms with van der Waals surface area (Å²) in [7, 11) is 0. The van der Waals surface area contributed by atoms with Gasteiger partial charge in [0.25, 0.3) is 0 Å². The molecule has 1 heterocycles. The lowest BCUT2D eigenvalue weighted by Crippen LogP contribution is -2.24. The fourth-order valence-electron chi connectivity index (χ4n) is 1.15. The summed E-state index contributed by atoms with van der Waals surface area (Å²) >= 11 is 4.01. The van der Waals surface area contributed by atoms with Crippen LogP contribution in [-0.2, 0) is 11.2 Å². The standard InChI is InChI=1S/C10H14INOS/c11-6-7-12-10(13)5-1-3-9-4-2-8-14-9/h2,4,8H,1,3,5-7H2,(H,12,13). The van der Waals surface area contributed by atoms with Crippen molar-refractivity contribution in [2.24, 2.45) is 0 Å². The highest BCUT2D eigenvalue weighted by Gasteiger charge is 2.00. The fourth-order valence-corrected chi connectivity index (χ4v) is 2.17. The quantitative estimate of drug-likeness (QED) is 0.633. The van der Waals surface area contributed by atoms with Gasteiger partial charge in [-0.05, 0) is 24.3 Å². The zero-order chi connectivity index (χ0) is 10.2. The number of halogens is 1. The molecular weight excluding hydrogens is 309 g/mol. The predicted molar refractivity (Wildman–Crippen MR) is 69.2 cm³/mol. The lowest BCUT2D eigenvalue weighted by atomic mass is 10.2. The molecule has 0 aliphatic rings. The first-order chi connectivity index (χ1) is 6.83. The van der Waals surface area contributed by atoms with E-state index in [0.717, 1.165) is 23.8 Å². The van der Waals surface area contributed by atoms with Crippen LogP contribution in [0.5, 0.6) is 0 Å². The first-order valence-corrected chi connectivity index (χ1v) is 7.08. The van der Waals surface area contributed by atoms with E-state index in [4.69, 9.17) is 0 Å². The second-order valence-electron chi connectivity index (χ2n) is 2.97. The third kappa shape index (κ3) is 4.95. The maximum Gasteiger partial charge on any atom is 0.220 e. The highest BCUT2D eigenvalue weighted by molar-refractivity contribution is 14.1. The van der Waals surface area contributed by atoms with Gasteiger partial charge in [-0.3, -0.25) is 4.79 Å². The minimum absolute atomic E-state index is 0.179. The summed E-state index contributed by atoms with van der Waals surface area (Å²) in [6.07, 6.45) is 2.62. The summed E-state index contributed by atoms with van der Waals surface area (Å²) < 4.78 is 0.981. The van der Waals surface area contributed by atoms with Gasteiger partial charge in [0.05, 0.1) is 0 Å². The van der Waals surface area contributed by atoms with Crippen molar-refractivity contribution in [2.45, 2.75) is 19.3 Å². The van der Waals surface area contributed by atoms with Gasteiger partial charge in [0.2, 0.25) is 5.91 Å². The number of aryl methyl sites for hydroxylation is 1. The van der Waals surface area contributed by atoms with Gasteiger partial charge in [-0.2, -0.15) is 0 Å². The van der Waals surface area contributed by atoms with E-state index in [9.17, 15) is 4.79 Å². The number of thiophene rings is 1. The lowest BCUT2D eigenvalue weighted by molar-refractivity contribution is -0.121. The van der Waals surface area contributed by atoms with Crippen LogP contribution in [0.15, 0.2) is 17.5 Å². The van der Waals surface area contributed by atoms with Gasteiger partial charge in [-0.1, -0.05) is 28.7 Å². The van der Waals surface area contributed by atoms with Crippen molar-refractivity contribution >= 4 is 39.8 Å². The normalized spacial score (nSPS) is 10.1. The molecular formula is C10H14INOS. The summed E-state index contributed by atoms with van der Waals surface area (Å²) in [6.45, 7) is 0.790. The molecule has 0 unspecified atom stereocenters. The zero-order valence-corrected chi connectivity index (χ0v) is 10.9. The molecule has 1 rings (SSSR count). The monoisotopic (exact) mass is 323 g/mol. The molecule has 1 aromatic rings. The Kier molecular flexibility index (Phi) is 6.18. The van der Waals surface area contributed by atoms with Crippen LogP contribution < -0.4 is 5.32 Å². The van der Waals surface area contributed by atoms with Crippen LogP contribution in [0.2, 0.25) is 0 Å². The number of carbonyl (C=O) groups is 1. The zero-order valence-electron chi connectivity index (χ0n) is 7.96. The highest BCUT2D eigenvalue weighted by atomic mass is 127. The molecule has 0 saturated heterocycles. The topological polar surface area (TPSA) is 29.1 Å². The SMILES string of the molecule is O=C(CCCc1cccs1)NCCI. The predicted octanol–water partition coefficient (Wildman–Crippen LogP) is 2.62. The number of amides is 1. The number of nitrogens with one attached hydrogen (secondary N) is 1. The molecule has 0 aliphatic heterocycles. The molecule has 1 aromatic heterocycles. The molecule has 0 saturated carbocycles. The number of hydrogen-bond acceptors (Lipinski definition) is 2. The smallest absolute Gasteiger partial charge is 0.220 e. The van der Waals surface area contributed by atoms with Gasteiger partial charge in [-0.15, -0.1) is 11.3 Å². The molecule has 4 heteroatoms. The number of alkyl halides is 1. The second-order valence-corrected chi connectivity index (χ2v) is 5.08. The van der Waals surface area contributed by atoms with E-state index in [1.54, 1.807) is 11.3 Å².